The van der Waals surface area contributed by atoms with Crippen molar-refractivity contribution in [3.63, 3.8) is 0 Å². The van der Waals surface area contributed by atoms with Gasteiger partial charge in [0.2, 0.25) is 0 Å². The molecule has 18 heavy (non-hydrogen) atoms. The molecule has 1 aromatic heterocycles. The minimum Gasteiger partial charge on any atom is -0.399 e. The number of aromatic nitrogens is 2. The maximum Gasteiger partial charge on any atom is 0.292 e. The number of hydrogen-bond donors (Lipinski definition) is 2. The Kier molecular flexibility index (Phi) is 3.47. The second-order valence-corrected chi connectivity index (χ2v) is 3.99. The highest BCUT2D eigenvalue weighted by Gasteiger charge is 2.15. The van der Waals surface area contributed by atoms with Crippen LogP contribution >= 0.6 is 11.6 Å². The van der Waals surface area contributed by atoms with Gasteiger partial charge in [0.1, 0.15) is 0 Å². The zero-order valence-corrected chi connectivity index (χ0v) is 10.4. The van der Waals surface area contributed by atoms with E-state index in [1.807, 2.05) is 0 Å². The van der Waals surface area contributed by atoms with Crippen molar-refractivity contribution in [3.8, 4) is 11.5 Å². The van der Waals surface area contributed by atoms with Crippen LogP contribution in [-0.4, -0.2) is 22.6 Å². The molecule has 6 nitrogen and oxygen atoms in total. The van der Waals surface area contributed by atoms with Gasteiger partial charge in [-0.05, 0) is 25.1 Å². The molecule has 1 amide bonds. The van der Waals surface area contributed by atoms with Crippen molar-refractivity contribution in [2.75, 3.05) is 12.3 Å². The van der Waals surface area contributed by atoms with Gasteiger partial charge in [0.25, 0.3) is 17.6 Å². The molecule has 0 saturated carbocycles. The normalized spacial score (nSPS) is 10.3. The second kappa shape index (κ2) is 5.05. The topological polar surface area (TPSA) is 94.0 Å². The van der Waals surface area contributed by atoms with Crippen molar-refractivity contribution in [1.29, 1.82) is 0 Å². The molecule has 0 aliphatic rings. The SMILES string of the molecule is CCNC(=O)c1noc(-c2cc(N)cc(Cl)c2)n1. The Morgan fingerprint density at radius 2 is 2.28 bits per heavy atom. The van der Waals surface area contributed by atoms with Crippen LogP contribution in [0.3, 0.4) is 0 Å². The lowest BCUT2D eigenvalue weighted by molar-refractivity contribution is 0.0942. The smallest absolute Gasteiger partial charge is 0.292 e. The monoisotopic (exact) mass is 266 g/mol. The highest BCUT2D eigenvalue weighted by molar-refractivity contribution is 6.31. The van der Waals surface area contributed by atoms with Crippen molar-refractivity contribution >= 4 is 23.2 Å². The van der Waals surface area contributed by atoms with Crippen LogP contribution in [0.25, 0.3) is 11.5 Å². The van der Waals surface area contributed by atoms with E-state index in [0.29, 0.717) is 22.8 Å². The zero-order chi connectivity index (χ0) is 13.1. The first-order valence-electron chi connectivity index (χ1n) is 5.28. The number of carbonyl (C=O) groups is 1. The Balaban J connectivity index is 2.32. The van der Waals surface area contributed by atoms with Crippen molar-refractivity contribution in [2.24, 2.45) is 0 Å². The molecule has 1 aromatic carbocycles. The summed E-state index contributed by atoms with van der Waals surface area (Å²) >= 11 is 5.87. The average Bonchev–Trinajstić information content (AvgIpc) is 2.77. The van der Waals surface area contributed by atoms with E-state index in [1.54, 1.807) is 25.1 Å². The predicted molar refractivity (Wildman–Crippen MR) is 67.2 cm³/mol. The molecule has 0 aliphatic heterocycles. The number of carbonyl (C=O) groups excluding carboxylic acids is 1. The highest BCUT2D eigenvalue weighted by atomic mass is 35.5. The first kappa shape index (κ1) is 12.4. The maximum atomic E-state index is 11.5. The molecule has 2 rings (SSSR count). The number of rotatable bonds is 3. The number of amides is 1. The molecule has 0 spiro atoms. The minimum atomic E-state index is -0.387. The molecule has 0 aliphatic carbocycles. The Morgan fingerprint density at radius 1 is 1.50 bits per heavy atom. The van der Waals surface area contributed by atoms with Crippen molar-refractivity contribution in [1.82, 2.24) is 15.5 Å². The Hall–Kier alpha value is -2.08. The molecular weight excluding hydrogens is 256 g/mol. The van der Waals surface area contributed by atoms with E-state index in [0.717, 1.165) is 0 Å². The van der Waals surface area contributed by atoms with E-state index in [2.05, 4.69) is 15.5 Å². The van der Waals surface area contributed by atoms with E-state index < -0.39 is 0 Å². The lowest BCUT2D eigenvalue weighted by Gasteiger charge is -1.98. The highest BCUT2D eigenvalue weighted by Crippen LogP contribution is 2.24. The summed E-state index contributed by atoms with van der Waals surface area (Å²) in [6.45, 7) is 2.30. The number of nitrogens with zero attached hydrogens (tertiary/aromatic N) is 2. The van der Waals surface area contributed by atoms with Gasteiger partial charge in [-0.3, -0.25) is 4.79 Å². The van der Waals surface area contributed by atoms with E-state index in [1.165, 1.54) is 0 Å². The van der Waals surface area contributed by atoms with Crippen molar-refractivity contribution in [2.45, 2.75) is 6.92 Å². The minimum absolute atomic E-state index is 0.0228. The molecule has 0 radical (unpaired) electrons. The first-order chi connectivity index (χ1) is 8.60. The van der Waals surface area contributed by atoms with Crippen LogP contribution in [0.4, 0.5) is 5.69 Å². The lowest BCUT2D eigenvalue weighted by Crippen LogP contribution is -2.23. The van der Waals surface area contributed by atoms with Crippen LogP contribution in [0.1, 0.15) is 17.5 Å². The average molecular weight is 267 g/mol. The summed E-state index contributed by atoms with van der Waals surface area (Å²) in [6, 6.07) is 4.87. The third kappa shape index (κ3) is 2.60. The molecule has 0 fully saturated rings. The number of hydrogen-bond acceptors (Lipinski definition) is 5. The van der Waals surface area contributed by atoms with Gasteiger partial charge >= 0.3 is 0 Å². The van der Waals surface area contributed by atoms with Crippen molar-refractivity contribution in [3.05, 3.63) is 29.0 Å². The Bertz CT molecular complexity index is 562. The summed E-state index contributed by atoms with van der Waals surface area (Å²) in [5.74, 6) is -0.210. The molecular formula is C11H11ClN4O2. The molecule has 94 valence electrons. The van der Waals surface area contributed by atoms with Gasteiger partial charge in [-0.25, -0.2) is 0 Å². The molecule has 1 heterocycles. The molecule has 0 atom stereocenters. The van der Waals surface area contributed by atoms with Crippen LogP contribution in [-0.2, 0) is 0 Å². The quantitative estimate of drug-likeness (QED) is 0.825. The summed E-state index contributed by atoms with van der Waals surface area (Å²) in [6.07, 6.45) is 0. The summed E-state index contributed by atoms with van der Waals surface area (Å²) in [4.78, 5) is 15.5. The molecule has 3 N–H and O–H groups in total. The van der Waals surface area contributed by atoms with Crippen LogP contribution < -0.4 is 11.1 Å². The van der Waals surface area contributed by atoms with Gasteiger partial charge in [-0.1, -0.05) is 16.8 Å². The van der Waals surface area contributed by atoms with Crippen LogP contribution in [0.2, 0.25) is 5.02 Å². The second-order valence-electron chi connectivity index (χ2n) is 3.56. The Labute approximate surface area is 108 Å². The van der Waals surface area contributed by atoms with E-state index >= 15 is 0 Å². The third-order valence-electron chi connectivity index (χ3n) is 2.13. The molecule has 7 heteroatoms. The molecule has 0 saturated heterocycles. The number of anilines is 1. The summed E-state index contributed by atoms with van der Waals surface area (Å²) in [5.41, 5.74) is 6.71. The lowest BCUT2D eigenvalue weighted by atomic mass is 10.2. The molecule has 0 unspecified atom stereocenters. The van der Waals surface area contributed by atoms with Gasteiger partial charge in [0.05, 0.1) is 0 Å². The van der Waals surface area contributed by atoms with Gasteiger partial charge in [0, 0.05) is 22.8 Å². The van der Waals surface area contributed by atoms with E-state index in [9.17, 15) is 4.79 Å². The van der Waals surface area contributed by atoms with Crippen LogP contribution in [0, 0.1) is 0 Å². The fraction of sp³-hybridized carbons (Fsp3) is 0.182. The zero-order valence-electron chi connectivity index (χ0n) is 9.61. The van der Waals surface area contributed by atoms with Crippen LogP contribution in [0.15, 0.2) is 22.7 Å². The van der Waals surface area contributed by atoms with E-state index in [-0.39, 0.29) is 17.6 Å². The van der Waals surface area contributed by atoms with Crippen LogP contribution in [0.5, 0.6) is 0 Å². The number of nitrogens with one attached hydrogen (secondary N) is 1. The fourth-order valence-corrected chi connectivity index (χ4v) is 1.65. The summed E-state index contributed by atoms with van der Waals surface area (Å²) in [5, 5.41) is 6.62. The largest absolute Gasteiger partial charge is 0.399 e. The molecule has 2 aromatic rings. The van der Waals surface area contributed by atoms with Crippen molar-refractivity contribution < 1.29 is 9.32 Å². The van der Waals surface area contributed by atoms with Gasteiger partial charge in [0.15, 0.2) is 0 Å². The first-order valence-corrected chi connectivity index (χ1v) is 5.66. The maximum absolute atomic E-state index is 11.5. The number of halogens is 1. The summed E-state index contributed by atoms with van der Waals surface area (Å²) < 4.78 is 4.99. The van der Waals surface area contributed by atoms with E-state index in [4.69, 9.17) is 21.9 Å². The fourth-order valence-electron chi connectivity index (χ4n) is 1.41. The van der Waals surface area contributed by atoms with Gasteiger partial charge in [-0.2, -0.15) is 4.98 Å². The standard InChI is InChI=1S/C11H11ClN4O2/c1-2-14-10(17)9-15-11(18-16-9)6-3-7(12)5-8(13)4-6/h3-5H,2,13H2,1H3,(H,14,17). The molecule has 0 bridgehead atoms. The summed E-state index contributed by atoms with van der Waals surface area (Å²) in [7, 11) is 0. The number of nitrogen functional groups attached to an aromatic ring is 1. The third-order valence-corrected chi connectivity index (χ3v) is 2.35. The number of benzene rings is 1. The van der Waals surface area contributed by atoms with Gasteiger partial charge in [-0.15, -0.1) is 0 Å². The number of nitrogens with two attached hydrogens (primary N) is 1. The Morgan fingerprint density at radius 3 is 2.94 bits per heavy atom. The predicted octanol–water partition coefficient (Wildman–Crippen LogP) is 1.72. The van der Waals surface area contributed by atoms with Gasteiger partial charge < -0.3 is 15.6 Å².